The Labute approximate surface area is 117 Å². The van der Waals surface area contributed by atoms with Crippen LogP contribution in [0.4, 0.5) is 0 Å². The van der Waals surface area contributed by atoms with E-state index in [4.69, 9.17) is 9.47 Å². The summed E-state index contributed by atoms with van der Waals surface area (Å²) in [5.74, 6) is 1.04. The summed E-state index contributed by atoms with van der Waals surface area (Å²) < 4.78 is 11.9. The second-order valence-electron chi connectivity index (χ2n) is 3.48. The van der Waals surface area contributed by atoms with Gasteiger partial charge in [-0.15, -0.1) is 11.3 Å². The second kappa shape index (κ2) is 6.02. The number of carbonyl (C=O) groups excluding carboxylic acids is 1. The van der Waals surface area contributed by atoms with Crippen molar-refractivity contribution in [1.82, 2.24) is 0 Å². The fraction of sp³-hybridized carbons (Fsp3) is 0.154. The van der Waals surface area contributed by atoms with Crippen molar-refractivity contribution in [2.45, 2.75) is 6.61 Å². The molecule has 2 aromatic rings. The Morgan fingerprint density at radius 1 is 1.39 bits per heavy atom. The van der Waals surface area contributed by atoms with Crippen LogP contribution in [-0.4, -0.2) is 13.4 Å². The highest BCUT2D eigenvalue weighted by Crippen LogP contribution is 2.32. The van der Waals surface area contributed by atoms with Crippen molar-refractivity contribution in [1.29, 1.82) is 0 Å². The Balaban J connectivity index is 2.22. The summed E-state index contributed by atoms with van der Waals surface area (Å²) in [4.78, 5) is 12.0. The monoisotopic (exact) mass is 326 g/mol. The van der Waals surface area contributed by atoms with E-state index in [0.717, 1.165) is 15.6 Å². The number of rotatable bonds is 5. The van der Waals surface area contributed by atoms with E-state index in [9.17, 15) is 4.79 Å². The number of ether oxygens (including phenoxy) is 2. The predicted molar refractivity (Wildman–Crippen MR) is 74.7 cm³/mol. The highest BCUT2D eigenvalue weighted by molar-refractivity contribution is 9.10. The minimum absolute atomic E-state index is 0.402. The summed E-state index contributed by atoms with van der Waals surface area (Å²) in [6.07, 6.45) is 0.765. The molecule has 94 valence electrons. The molecule has 3 nitrogen and oxygen atoms in total. The molecule has 1 heterocycles. The maximum absolute atomic E-state index is 11.0. The van der Waals surface area contributed by atoms with Gasteiger partial charge in [0.1, 0.15) is 6.61 Å². The summed E-state index contributed by atoms with van der Waals surface area (Å²) in [5.41, 5.74) is 0.488. The Kier molecular flexibility index (Phi) is 4.38. The Morgan fingerprint density at radius 3 is 2.83 bits per heavy atom. The second-order valence-corrected chi connectivity index (χ2v) is 5.33. The molecule has 5 heteroatoms. The van der Waals surface area contributed by atoms with Crippen molar-refractivity contribution in [3.8, 4) is 11.5 Å². The molecular formula is C13H11BrO3S. The third kappa shape index (κ3) is 2.73. The molecule has 2 rings (SSSR count). The zero-order chi connectivity index (χ0) is 13.0. The minimum Gasteiger partial charge on any atom is -0.493 e. The van der Waals surface area contributed by atoms with Crippen molar-refractivity contribution >= 4 is 33.6 Å². The maximum Gasteiger partial charge on any atom is 0.172 e. The molecule has 0 radical (unpaired) electrons. The first-order valence-electron chi connectivity index (χ1n) is 5.23. The zero-order valence-electron chi connectivity index (χ0n) is 9.68. The number of methoxy groups -OCH3 is 1. The predicted octanol–water partition coefficient (Wildman–Crippen LogP) is 3.91. The third-order valence-corrected chi connectivity index (χ3v) is 4.29. The van der Waals surface area contributed by atoms with Gasteiger partial charge in [0.25, 0.3) is 0 Å². The number of hydrogen-bond acceptors (Lipinski definition) is 4. The number of thiophene rings is 1. The van der Waals surface area contributed by atoms with Crippen molar-refractivity contribution in [2.75, 3.05) is 7.11 Å². The number of halogens is 1. The van der Waals surface area contributed by atoms with E-state index in [1.165, 1.54) is 0 Å². The highest BCUT2D eigenvalue weighted by atomic mass is 79.9. The van der Waals surface area contributed by atoms with Crippen LogP contribution in [0.2, 0.25) is 0 Å². The molecule has 0 aliphatic heterocycles. The number of para-hydroxylation sites is 1. The van der Waals surface area contributed by atoms with Gasteiger partial charge in [-0.05, 0) is 39.5 Å². The smallest absolute Gasteiger partial charge is 0.172 e. The molecular weight excluding hydrogens is 316 g/mol. The van der Waals surface area contributed by atoms with E-state index in [1.807, 2.05) is 11.4 Å². The van der Waals surface area contributed by atoms with Gasteiger partial charge in [-0.3, -0.25) is 4.79 Å². The van der Waals surface area contributed by atoms with Crippen LogP contribution in [0.3, 0.4) is 0 Å². The third-order valence-electron chi connectivity index (χ3n) is 2.39. The molecule has 0 spiro atoms. The maximum atomic E-state index is 11.0. The van der Waals surface area contributed by atoms with Crippen LogP contribution >= 0.6 is 27.3 Å². The number of carbonyl (C=O) groups is 1. The molecule has 0 saturated heterocycles. The lowest BCUT2D eigenvalue weighted by atomic mass is 10.2. The van der Waals surface area contributed by atoms with E-state index < -0.39 is 0 Å². The van der Waals surface area contributed by atoms with Gasteiger partial charge >= 0.3 is 0 Å². The summed E-state index contributed by atoms with van der Waals surface area (Å²) in [7, 11) is 1.55. The summed E-state index contributed by atoms with van der Waals surface area (Å²) in [6, 6.07) is 7.20. The molecule has 0 saturated carbocycles. The van der Waals surface area contributed by atoms with Crippen LogP contribution in [0.1, 0.15) is 15.2 Å². The van der Waals surface area contributed by atoms with Gasteiger partial charge in [-0.2, -0.15) is 0 Å². The summed E-state index contributed by atoms with van der Waals surface area (Å²) in [5, 5.41) is 1.98. The number of hydrogen-bond donors (Lipinski definition) is 0. The molecule has 0 atom stereocenters. The van der Waals surface area contributed by atoms with Crippen LogP contribution in [0, 0.1) is 0 Å². The molecule has 1 aromatic heterocycles. The Hall–Kier alpha value is -1.33. The topological polar surface area (TPSA) is 35.5 Å². The molecule has 0 bridgehead atoms. The number of aldehydes is 1. The molecule has 0 amide bonds. The molecule has 18 heavy (non-hydrogen) atoms. The lowest BCUT2D eigenvalue weighted by Crippen LogP contribution is -1.99. The minimum atomic E-state index is 0.402. The van der Waals surface area contributed by atoms with Gasteiger partial charge < -0.3 is 9.47 Å². The Bertz CT molecular complexity index is 551. The van der Waals surface area contributed by atoms with Crippen LogP contribution < -0.4 is 9.47 Å². The zero-order valence-corrected chi connectivity index (χ0v) is 12.1. The summed E-state index contributed by atoms with van der Waals surface area (Å²) in [6.45, 7) is 0.402. The fourth-order valence-corrected chi connectivity index (χ4v) is 2.88. The molecule has 0 unspecified atom stereocenters. The van der Waals surface area contributed by atoms with Crippen molar-refractivity contribution in [3.63, 3.8) is 0 Å². The van der Waals surface area contributed by atoms with Crippen molar-refractivity contribution < 1.29 is 14.3 Å². The van der Waals surface area contributed by atoms with E-state index in [2.05, 4.69) is 15.9 Å². The number of benzene rings is 1. The van der Waals surface area contributed by atoms with E-state index in [0.29, 0.717) is 23.7 Å². The van der Waals surface area contributed by atoms with E-state index in [-0.39, 0.29) is 0 Å². The molecule has 0 fully saturated rings. The summed E-state index contributed by atoms with van der Waals surface area (Å²) >= 11 is 5.04. The molecule has 0 N–H and O–H groups in total. The van der Waals surface area contributed by atoms with Gasteiger partial charge in [0, 0.05) is 4.47 Å². The van der Waals surface area contributed by atoms with Gasteiger partial charge in [0.2, 0.25) is 0 Å². The fourth-order valence-electron chi connectivity index (χ4n) is 1.51. The van der Waals surface area contributed by atoms with Gasteiger partial charge in [-0.1, -0.05) is 6.07 Å². The van der Waals surface area contributed by atoms with Crippen LogP contribution in [0.25, 0.3) is 0 Å². The van der Waals surface area contributed by atoms with Crippen LogP contribution in [0.15, 0.2) is 34.1 Å². The average Bonchev–Trinajstić information content (AvgIpc) is 2.81. The molecule has 0 aliphatic carbocycles. The first-order valence-corrected chi connectivity index (χ1v) is 6.90. The van der Waals surface area contributed by atoms with Crippen LogP contribution in [-0.2, 0) is 6.61 Å². The van der Waals surface area contributed by atoms with Crippen molar-refractivity contribution in [2.24, 2.45) is 0 Å². The largest absolute Gasteiger partial charge is 0.493 e. The Morgan fingerprint density at radius 2 is 2.22 bits per heavy atom. The standard InChI is InChI=1S/C13H11BrO3S/c1-16-11-4-2-3-9(7-15)13(11)17-8-12-10(14)5-6-18-12/h2-7H,8H2,1H3. The highest BCUT2D eigenvalue weighted by Gasteiger charge is 2.11. The van der Waals surface area contributed by atoms with E-state index in [1.54, 1.807) is 36.6 Å². The quantitative estimate of drug-likeness (QED) is 0.781. The first kappa shape index (κ1) is 13.1. The van der Waals surface area contributed by atoms with E-state index >= 15 is 0 Å². The molecule has 1 aromatic carbocycles. The van der Waals surface area contributed by atoms with Gasteiger partial charge in [0.05, 0.1) is 17.6 Å². The normalized spacial score (nSPS) is 10.1. The molecule has 0 aliphatic rings. The lowest BCUT2D eigenvalue weighted by Gasteiger charge is -2.11. The first-order chi connectivity index (χ1) is 8.76. The SMILES string of the molecule is COc1cccc(C=O)c1OCc1sccc1Br. The lowest BCUT2D eigenvalue weighted by molar-refractivity contribution is 0.111. The average molecular weight is 327 g/mol. The van der Waals surface area contributed by atoms with Crippen LogP contribution in [0.5, 0.6) is 11.5 Å². The van der Waals surface area contributed by atoms with Gasteiger partial charge in [0.15, 0.2) is 17.8 Å². The van der Waals surface area contributed by atoms with Crippen molar-refractivity contribution in [3.05, 3.63) is 44.6 Å². The van der Waals surface area contributed by atoms with Gasteiger partial charge in [-0.25, -0.2) is 0 Å².